The minimum absolute atomic E-state index is 0.124. The smallest absolute Gasteiger partial charge is 0.349 e. The van der Waals surface area contributed by atoms with E-state index in [0.29, 0.717) is 17.7 Å². The van der Waals surface area contributed by atoms with Gasteiger partial charge in [-0.1, -0.05) is 19.1 Å². The van der Waals surface area contributed by atoms with E-state index in [9.17, 15) is 19.6 Å². The van der Waals surface area contributed by atoms with E-state index in [1.165, 1.54) is 13.2 Å². The van der Waals surface area contributed by atoms with Gasteiger partial charge < -0.3 is 24.8 Å². The average Bonchev–Trinajstić information content (AvgIpc) is 2.75. The van der Waals surface area contributed by atoms with Gasteiger partial charge in [-0.25, -0.2) is 14.4 Å². The highest BCUT2D eigenvalue weighted by molar-refractivity contribution is 5.98. The number of nitrogens with one attached hydrogen (secondary N) is 2. The minimum atomic E-state index is -0.884. The zero-order chi connectivity index (χ0) is 22.1. The second-order valence-electron chi connectivity index (χ2n) is 6.19. The highest BCUT2D eigenvalue weighted by Crippen LogP contribution is 2.18. The van der Waals surface area contributed by atoms with Gasteiger partial charge in [0.25, 0.3) is 0 Å². The SMILES string of the molecule is CCOC(=O)C1=C(COC(=O)/C(C#N)=C/c2ccc(OC)cc2)NC(=O)N[C@@H]1CC. The van der Waals surface area contributed by atoms with Crippen LogP contribution in [0, 0.1) is 11.3 Å². The number of rotatable bonds is 8. The van der Waals surface area contributed by atoms with Crippen molar-refractivity contribution in [1.29, 1.82) is 5.26 Å². The molecular weight excluding hydrogens is 390 g/mol. The van der Waals surface area contributed by atoms with Gasteiger partial charge in [0.05, 0.1) is 31.0 Å². The molecule has 2 amide bonds. The molecule has 0 unspecified atom stereocenters. The van der Waals surface area contributed by atoms with Crippen molar-refractivity contribution in [2.45, 2.75) is 26.3 Å². The standard InChI is InChI=1S/C21H23N3O6/c1-4-16-18(20(26)29-5-2)17(24-21(27)23-16)12-30-19(25)14(11-22)10-13-6-8-15(28-3)9-7-13/h6-10,16H,4-5,12H2,1-3H3,(H2,23,24,27)/b14-10+/t16-/m1/s1. The summed E-state index contributed by atoms with van der Waals surface area (Å²) in [6, 6.07) is 7.46. The molecule has 9 heteroatoms. The first-order valence-corrected chi connectivity index (χ1v) is 9.34. The number of carbonyl (C=O) groups is 3. The lowest BCUT2D eigenvalue weighted by Gasteiger charge is -2.28. The van der Waals surface area contributed by atoms with Crippen LogP contribution in [0.5, 0.6) is 5.75 Å². The van der Waals surface area contributed by atoms with Crippen LogP contribution >= 0.6 is 0 Å². The van der Waals surface area contributed by atoms with E-state index in [1.807, 2.05) is 0 Å². The first kappa shape index (κ1) is 22.5. The van der Waals surface area contributed by atoms with Crippen LogP contribution in [0.15, 0.2) is 41.1 Å². The highest BCUT2D eigenvalue weighted by atomic mass is 16.5. The number of amides is 2. The number of urea groups is 1. The first-order valence-electron chi connectivity index (χ1n) is 9.34. The summed E-state index contributed by atoms with van der Waals surface area (Å²) in [5, 5.41) is 14.4. The molecule has 0 bridgehead atoms. The maximum atomic E-state index is 12.4. The molecule has 0 aliphatic carbocycles. The maximum Gasteiger partial charge on any atom is 0.349 e. The summed E-state index contributed by atoms with van der Waals surface area (Å²) in [5.74, 6) is -0.860. The largest absolute Gasteiger partial charge is 0.497 e. The average molecular weight is 413 g/mol. The summed E-state index contributed by atoms with van der Waals surface area (Å²) >= 11 is 0. The van der Waals surface area contributed by atoms with E-state index in [0.717, 1.165) is 0 Å². The summed E-state index contributed by atoms with van der Waals surface area (Å²) in [6.45, 7) is 3.23. The van der Waals surface area contributed by atoms with Crippen molar-refractivity contribution in [2.75, 3.05) is 20.3 Å². The van der Waals surface area contributed by atoms with Gasteiger partial charge in [-0.3, -0.25) is 0 Å². The number of nitrogens with zero attached hydrogens (tertiary/aromatic N) is 1. The van der Waals surface area contributed by atoms with Crippen LogP contribution in [-0.2, 0) is 19.1 Å². The van der Waals surface area contributed by atoms with E-state index < -0.39 is 30.6 Å². The Kier molecular flexibility index (Phi) is 7.99. The van der Waals surface area contributed by atoms with Gasteiger partial charge in [-0.15, -0.1) is 0 Å². The Labute approximate surface area is 174 Å². The van der Waals surface area contributed by atoms with Crippen LogP contribution in [0.25, 0.3) is 6.08 Å². The Morgan fingerprint density at radius 3 is 2.47 bits per heavy atom. The molecule has 158 valence electrons. The van der Waals surface area contributed by atoms with E-state index in [-0.39, 0.29) is 23.5 Å². The zero-order valence-corrected chi connectivity index (χ0v) is 17.0. The lowest BCUT2D eigenvalue weighted by molar-refractivity contribution is -0.140. The number of ether oxygens (including phenoxy) is 3. The van der Waals surface area contributed by atoms with Gasteiger partial charge in [0.1, 0.15) is 24.0 Å². The van der Waals surface area contributed by atoms with Gasteiger partial charge in [-0.05, 0) is 37.1 Å². The summed E-state index contributed by atoms with van der Waals surface area (Å²) in [4.78, 5) is 36.6. The third kappa shape index (κ3) is 5.61. The summed E-state index contributed by atoms with van der Waals surface area (Å²) in [6.07, 6.45) is 1.82. The Balaban J connectivity index is 2.20. The Morgan fingerprint density at radius 1 is 1.20 bits per heavy atom. The van der Waals surface area contributed by atoms with Crippen molar-refractivity contribution in [3.8, 4) is 11.8 Å². The van der Waals surface area contributed by atoms with Crippen LogP contribution in [0.2, 0.25) is 0 Å². The van der Waals surface area contributed by atoms with Crippen molar-refractivity contribution in [2.24, 2.45) is 0 Å². The number of hydrogen-bond acceptors (Lipinski definition) is 7. The number of nitriles is 1. The van der Waals surface area contributed by atoms with Crippen LogP contribution in [-0.4, -0.2) is 44.3 Å². The lowest BCUT2D eigenvalue weighted by atomic mass is 10.0. The molecule has 1 heterocycles. The predicted octanol–water partition coefficient (Wildman–Crippen LogP) is 2.05. The summed E-state index contributed by atoms with van der Waals surface area (Å²) in [7, 11) is 1.53. The molecule has 0 aromatic heterocycles. The zero-order valence-electron chi connectivity index (χ0n) is 17.0. The molecule has 0 fully saturated rings. The normalized spacial score (nSPS) is 16.1. The molecule has 2 N–H and O–H groups in total. The fourth-order valence-corrected chi connectivity index (χ4v) is 2.79. The monoisotopic (exact) mass is 413 g/mol. The second-order valence-corrected chi connectivity index (χ2v) is 6.19. The van der Waals surface area contributed by atoms with Gasteiger partial charge in [0.2, 0.25) is 0 Å². The third-order valence-corrected chi connectivity index (χ3v) is 4.26. The van der Waals surface area contributed by atoms with Crippen molar-refractivity contribution in [3.05, 3.63) is 46.7 Å². The fourth-order valence-electron chi connectivity index (χ4n) is 2.79. The van der Waals surface area contributed by atoms with E-state index in [1.54, 1.807) is 44.2 Å². The first-order chi connectivity index (χ1) is 14.4. The summed E-state index contributed by atoms with van der Waals surface area (Å²) in [5.41, 5.74) is 0.686. The minimum Gasteiger partial charge on any atom is -0.497 e. The number of esters is 2. The van der Waals surface area contributed by atoms with Gasteiger partial charge in [-0.2, -0.15) is 5.26 Å². The molecule has 9 nitrogen and oxygen atoms in total. The number of hydrogen-bond donors (Lipinski definition) is 2. The van der Waals surface area contributed by atoms with Crippen molar-refractivity contribution >= 4 is 24.0 Å². The van der Waals surface area contributed by atoms with Crippen molar-refractivity contribution in [3.63, 3.8) is 0 Å². The Hall–Kier alpha value is -3.80. The topological polar surface area (TPSA) is 127 Å². The predicted molar refractivity (Wildman–Crippen MR) is 107 cm³/mol. The molecular formula is C21H23N3O6. The summed E-state index contributed by atoms with van der Waals surface area (Å²) < 4.78 is 15.3. The van der Waals surface area contributed by atoms with Crippen molar-refractivity contribution < 1.29 is 28.6 Å². The quantitative estimate of drug-likeness (QED) is 0.379. The molecule has 30 heavy (non-hydrogen) atoms. The molecule has 2 rings (SSSR count). The van der Waals surface area contributed by atoms with Crippen LogP contribution in [0.1, 0.15) is 25.8 Å². The van der Waals surface area contributed by atoms with E-state index in [4.69, 9.17) is 14.2 Å². The molecule has 0 spiro atoms. The number of benzene rings is 1. The molecule has 1 atom stereocenters. The number of methoxy groups -OCH3 is 1. The molecule has 0 saturated heterocycles. The van der Waals surface area contributed by atoms with E-state index >= 15 is 0 Å². The van der Waals surface area contributed by atoms with Gasteiger partial charge in [0.15, 0.2) is 0 Å². The molecule has 1 aromatic rings. The molecule has 1 aliphatic rings. The lowest BCUT2D eigenvalue weighted by Crippen LogP contribution is -2.51. The Morgan fingerprint density at radius 2 is 1.90 bits per heavy atom. The van der Waals surface area contributed by atoms with Gasteiger partial charge >= 0.3 is 18.0 Å². The van der Waals surface area contributed by atoms with Crippen molar-refractivity contribution in [1.82, 2.24) is 10.6 Å². The van der Waals surface area contributed by atoms with Gasteiger partial charge in [0, 0.05) is 0 Å². The molecule has 0 saturated carbocycles. The Bertz CT molecular complexity index is 912. The third-order valence-electron chi connectivity index (χ3n) is 4.26. The van der Waals surface area contributed by atoms with Crippen LogP contribution in [0.3, 0.4) is 0 Å². The fraction of sp³-hybridized carbons (Fsp3) is 0.333. The van der Waals surface area contributed by atoms with E-state index in [2.05, 4.69) is 10.6 Å². The highest BCUT2D eigenvalue weighted by Gasteiger charge is 2.32. The maximum absolute atomic E-state index is 12.4. The van der Waals surface area contributed by atoms with Crippen LogP contribution in [0.4, 0.5) is 4.79 Å². The second kappa shape index (κ2) is 10.7. The molecule has 1 aromatic carbocycles. The van der Waals surface area contributed by atoms with Crippen LogP contribution < -0.4 is 15.4 Å². The number of carbonyl (C=O) groups excluding carboxylic acids is 3. The molecule has 0 radical (unpaired) electrons. The molecule has 1 aliphatic heterocycles.